The quantitative estimate of drug-likeness (QED) is 0.321. The van der Waals surface area contributed by atoms with Crippen molar-refractivity contribution in [1.29, 1.82) is 0 Å². The second-order valence-corrected chi connectivity index (χ2v) is 8.65. The first-order valence-electron chi connectivity index (χ1n) is 11.5. The number of hydrogen-bond acceptors (Lipinski definition) is 5. The molecule has 0 N–H and O–H groups in total. The Balaban J connectivity index is 1.69. The molecule has 3 aromatic carbocycles. The van der Waals surface area contributed by atoms with Gasteiger partial charge in [0.2, 0.25) is 5.76 Å². The SMILES string of the molecule is C=CCOc1ccc(C2c3c(oc4ccc(F)cc4c3=O)C(=O)N2Cc2ccc(C)cc2)cc1OC. The lowest BCUT2D eigenvalue weighted by Gasteiger charge is -2.26. The summed E-state index contributed by atoms with van der Waals surface area (Å²) >= 11 is 0. The molecule has 182 valence electrons. The average molecular weight is 486 g/mol. The van der Waals surface area contributed by atoms with Crippen LogP contribution in [0.4, 0.5) is 4.39 Å². The molecule has 0 radical (unpaired) electrons. The third kappa shape index (κ3) is 4.02. The number of fused-ring (bicyclic) bond motifs is 2. The van der Waals surface area contributed by atoms with Crippen LogP contribution in [0.3, 0.4) is 0 Å². The second kappa shape index (κ2) is 9.34. The van der Waals surface area contributed by atoms with E-state index in [1.54, 1.807) is 29.2 Å². The fraction of sp³-hybridized carbons (Fsp3) is 0.172. The van der Waals surface area contributed by atoms with E-state index in [0.29, 0.717) is 23.7 Å². The van der Waals surface area contributed by atoms with Gasteiger partial charge in [0.05, 0.1) is 24.1 Å². The molecule has 7 heteroatoms. The van der Waals surface area contributed by atoms with Crippen molar-refractivity contribution in [3.63, 3.8) is 0 Å². The molecule has 0 spiro atoms. The summed E-state index contributed by atoms with van der Waals surface area (Å²) in [6.07, 6.45) is 1.62. The van der Waals surface area contributed by atoms with Crippen LogP contribution in [0, 0.1) is 12.7 Å². The van der Waals surface area contributed by atoms with Crippen LogP contribution in [0.1, 0.15) is 38.9 Å². The Labute approximate surface area is 207 Å². The minimum absolute atomic E-state index is 0.0397. The molecule has 2 heterocycles. The van der Waals surface area contributed by atoms with Crippen LogP contribution in [-0.4, -0.2) is 24.5 Å². The van der Waals surface area contributed by atoms with Gasteiger partial charge in [0.1, 0.15) is 18.0 Å². The van der Waals surface area contributed by atoms with Gasteiger partial charge in [0.15, 0.2) is 16.9 Å². The van der Waals surface area contributed by atoms with Crippen molar-refractivity contribution < 1.29 is 23.1 Å². The van der Waals surface area contributed by atoms with Crippen LogP contribution in [0.15, 0.2) is 82.5 Å². The lowest BCUT2D eigenvalue weighted by molar-refractivity contribution is 0.0714. The van der Waals surface area contributed by atoms with Gasteiger partial charge in [-0.15, -0.1) is 0 Å². The molecular formula is C29H24FNO5. The molecule has 4 aromatic rings. The van der Waals surface area contributed by atoms with Gasteiger partial charge in [-0.25, -0.2) is 4.39 Å². The van der Waals surface area contributed by atoms with Gasteiger partial charge in [-0.1, -0.05) is 48.6 Å². The van der Waals surface area contributed by atoms with E-state index in [1.165, 1.54) is 19.2 Å². The summed E-state index contributed by atoms with van der Waals surface area (Å²) in [4.78, 5) is 28.9. The minimum atomic E-state index is -0.764. The molecule has 6 nitrogen and oxygen atoms in total. The monoisotopic (exact) mass is 485 g/mol. The fourth-order valence-corrected chi connectivity index (χ4v) is 4.51. The third-order valence-electron chi connectivity index (χ3n) is 6.26. The number of methoxy groups -OCH3 is 1. The molecule has 0 saturated carbocycles. The Morgan fingerprint density at radius 3 is 2.56 bits per heavy atom. The summed E-state index contributed by atoms with van der Waals surface area (Å²) in [5, 5.41) is 0.0848. The van der Waals surface area contributed by atoms with Crippen molar-refractivity contribution in [3.8, 4) is 11.5 Å². The molecule has 0 fully saturated rings. The van der Waals surface area contributed by atoms with Crippen LogP contribution < -0.4 is 14.9 Å². The van der Waals surface area contributed by atoms with E-state index < -0.39 is 23.2 Å². The van der Waals surface area contributed by atoms with Crippen LogP contribution in [0.5, 0.6) is 11.5 Å². The molecule has 1 aromatic heterocycles. The van der Waals surface area contributed by atoms with Crippen LogP contribution in [-0.2, 0) is 6.54 Å². The van der Waals surface area contributed by atoms with Crippen molar-refractivity contribution in [3.05, 3.63) is 117 Å². The van der Waals surface area contributed by atoms with Crippen molar-refractivity contribution in [1.82, 2.24) is 4.90 Å². The predicted molar refractivity (Wildman–Crippen MR) is 134 cm³/mol. The smallest absolute Gasteiger partial charge is 0.291 e. The summed E-state index contributed by atoms with van der Waals surface area (Å²) in [5.74, 6) is -0.0605. The van der Waals surface area contributed by atoms with Crippen LogP contribution in [0.25, 0.3) is 11.0 Å². The Morgan fingerprint density at radius 1 is 1.06 bits per heavy atom. The summed E-state index contributed by atoms with van der Waals surface area (Å²) in [6.45, 7) is 6.18. The number of carbonyl (C=O) groups is 1. The first-order chi connectivity index (χ1) is 17.4. The van der Waals surface area contributed by atoms with Gasteiger partial charge in [-0.05, 0) is 48.4 Å². The zero-order valence-electron chi connectivity index (χ0n) is 19.9. The minimum Gasteiger partial charge on any atom is -0.493 e. The molecule has 36 heavy (non-hydrogen) atoms. The van der Waals surface area contributed by atoms with E-state index in [-0.39, 0.29) is 28.8 Å². The summed E-state index contributed by atoms with van der Waals surface area (Å²) in [6, 6.07) is 16.0. The molecule has 0 aliphatic carbocycles. The summed E-state index contributed by atoms with van der Waals surface area (Å²) < 4.78 is 31.1. The lowest BCUT2D eigenvalue weighted by Crippen LogP contribution is -2.29. The maximum atomic E-state index is 14.0. The highest BCUT2D eigenvalue weighted by atomic mass is 19.1. The fourth-order valence-electron chi connectivity index (χ4n) is 4.51. The number of ether oxygens (including phenoxy) is 2. The van der Waals surface area contributed by atoms with Crippen molar-refractivity contribution in [2.24, 2.45) is 0 Å². The van der Waals surface area contributed by atoms with Crippen molar-refractivity contribution in [2.75, 3.05) is 13.7 Å². The van der Waals surface area contributed by atoms with Gasteiger partial charge < -0.3 is 18.8 Å². The zero-order chi connectivity index (χ0) is 25.4. The number of nitrogens with zero attached hydrogens (tertiary/aromatic N) is 1. The van der Waals surface area contributed by atoms with Crippen molar-refractivity contribution in [2.45, 2.75) is 19.5 Å². The molecular weight excluding hydrogens is 461 g/mol. The average Bonchev–Trinajstić information content (AvgIpc) is 3.16. The van der Waals surface area contributed by atoms with E-state index in [2.05, 4.69) is 6.58 Å². The van der Waals surface area contributed by atoms with Gasteiger partial charge in [0.25, 0.3) is 5.91 Å². The first kappa shape index (κ1) is 23.4. The van der Waals surface area contributed by atoms with Gasteiger partial charge in [-0.2, -0.15) is 0 Å². The Bertz CT molecular complexity index is 1540. The van der Waals surface area contributed by atoms with E-state index in [9.17, 15) is 14.0 Å². The maximum absolute atomic E-state index is 14.0. The third-order valence-corrected chi connectivity index (χ3v) is 6.26. The molecule has 1 unspecified atom stereocenters. The number of aryl methyl sites for hydroxylation is 1. The number of rotatable bonds is 7. The van der Waals surface area contributed by atoms with E-state index in [4.69, 9.17) is 13.9 Å². The topological polar surface area (TPSA) is 69.0 Å². The van der Waals surface area contributed by atoms with E-state index in [0.717, 1.165) is 17.2 Å². The Kier molecular flexibility index (Phi) is 6.06. The Hall–Kier alpha value is -4.39. The van der Waals surface area contributed by atoms with Crippen molar-refractivity contribution >= 4 is 16.9 Å². The number of amides is 1. The van der Waals surface area contributed by atoms with Crippen LogP contribution in [0.2, 0.25) is 0 Å². The van der Waals surface area contributed by atoms with Gasteiger partial charge in [-0.3, -0.25) is 9.59 Å². The lowest BCUT2D eigenvalue weighted by atomic mass is 9.97. The van der Waals surface area contributed by atoms with Crippen LogP contribution >= 0.6 is 0 Å². The second-order valence-electron chi connectivity index (χ2n) is 8.65. The zero-order valence-corrected chi connectivity index (χ0v) is 19.9. The number of hydrogen-bond donors (Lipinski definition) is 0. The standard InChI is InChI=1S/C29H24FNO5/c1-4-13-35-23-11-9-19(14-24(23)34-3)26-25-27(32)21-15-20(30)10-12-22(21)36-28(25)29(33)31(26)16-18-7-5-17(2)6-8-18/h4-12,14-15,26H,1,13,16H2,2-3H3. The first-order valence-corrected chi connectivity index (χ1v) is 11.5. The highest BCUT2D eigenvalue weighted by Crippen LogP contribution is 2.41. The molecule has 0 saturated heterocycles. The van der Waals surface area contributed by atoms with Gasteiger partial charge >= 0.3 is 0 Å². The van der Waals surface area contributed by atoms with E-state index >= 15 is 0 Å². The summed E-state index contributed by atoms with van der Waals surface area (Å²) in [7, 11) is 1.52. The van der Waals surface area contributed by atoms with E-state index in [1.807, 2.05) is 31.2 Å². The largest absolute Gasteiger partial charge is 0.493 e. The molecule has 1 aliphatic heterocycles. The Morgan fingerprint density at radius 2 is 1.83 bits per heavy atom. The number of benzene rings is 3. The highest BCUT2D eigenvalue weighted by molar-refractivity contribution is 5.99. The normalized spacial score (nSPS) is 14.7. The number of carbonyl (C=O) groups excluding carboxylic acids is 1. The highest BCUT2D eigenvalue weighted by Gasteiger charge is 2.43. The molecule has 1 aliphatic rings. The van der Waals surface area contributed by atoms with Gasteiger partial charge in [0, 0.05) is 6.54 Å². The molecule has 1 atom stereocenters. The maximum Gasteiger partial charge on any atom is 0.291 e. The molecule has 5 rings (SSSR count). The summed E-state index contributed by atoms with van der Waals surface area (Å²) in [5.41, 5.74) is 2.52. The molecule has 0 bridgehead atoms. The number of halogens is 1. The predicted octanol–water partition coefficient (Wildman–Crippen LogP) is 5.56. The molecule has 1 amide bonds.